The summed E-state index contributed by atoms with van der Waals surface area (Å²) in [5.41, 5.74) is -0.943. The normalized spacial score (nSPS) is 11.6. The van der Waals surface area contributed by atoms with Crippen molar-refractivity contribution in [1.29, 1.82) is 0 Å². The first-order valence-corrected chi connectivity index (χ1v) is 8.03. The number of benzene rings is 2. The van der Waals surface area contributed by atoms with Gasteiger partial charge in [0.25, 0.3) is 5.78 Å². The topological polar surface area (TPSA) is 96.6 Å². The van der Waals surface area contributed by atoms with Crippen LogP contribution in [0.2, 0.25) is 0 Å². The summed E-state index contributed by atoms with van der Waals surface area (Å²) >= 11 is 0. The van der Waals surface area contributed by atoms with E-state index >= 15 is 0 Å². The fourth-order valence-electron chi connectivity index (χ4n) is 2.78. The molecule has 0 radical (unpaired) electrons. The highest BCUT2D eigenvalue weighted by atomic mass is 19.1. The number of carbonyl (C=O) groups excluding carboxylic acids is 1. The molecule has 0 aliphatic heterocycles. The standard InChI is InChI=1S/C20H13F2NO5/c21-14-5-3-6-15(22)12(14)9-23-10-13(17(24)8-18(25)20(27)28)19(26)11-4-1-2-7-16(11)23/h1-8,10,24H,9H2,(H,27,28). The number of ketones is 1. The third-order valence-electron chi connectivity index (χ3n) is 4.13. The van der Waals surface area contributed by atoms with Crippen LogP contribution in [0.5, 0.6) is 0 Å². The van der Waals surface area contributed by atoms with E-state index in [2.05, 4.69) is 0 Å². The lowest BCUT2D eigenvalue weighted by atomic mass is 10.1. The number of carbonyl (C=O) groups is 2. The number of pyridine rings is 1. The average Bonchev–Trinajstić information content (AvgIpc) is 2.66. The molecule has 0 spiro atoms. The Morgan fingerprint density at radius 1 is 1.00 bits per heavy atom. The third kappa shape index (κ3) is 3.52. The van der Waals surface area contributed by atoms with Crippen LogP contribution in [0.3, 0.4) is 0 Å². The van der Waals surface area contributed by atoms with Crippen LogP contribution in [0.1, 0.15) is 11.1 Å². The molecule has 0 fully saturated rings. The summed E-state index contributed by atoms with van der Waals surface area (Å²) in [5, 5.41) is 18.9. The van der Waals surface area contributed by atoms with Gasteiger partial charge in [-0.3, -0.25) is 9.59 Å². The number of nitrogens with zero attached hydrogens (tertiary/aromatic N) is 1. The minimum absolute atomic E-state index is 0.125. The summed E-state index contributed by atoms with van der Waals surface area (Å²) in [6.07, 6.45) is 1.53. The second kappa shape index (κ2) is 7.43. The Hall–Kier alpha value is -3.81. The smallest absolute Gasteiger partial charge is 0.376 e. The van der Waals surface area contributed by atoms with E-state index in [4.69, 9.17) is 5.11 Å². The van der Waals surface area contributed by atoms with Crippen LogP contribution < -0.4 is 5.43 Å². The van der Waals surface area contributed by atoms with Crippen molar-refractivity contribution >= 4 is 28.4 Å². The summed E-state index contributed by atoms with van der Waals surface area (Å²) in [4.78, 5) is 34.6. The van der Waals surface area contributed by atoms with Gasteiger partial charge in [-0.2, -0.15) is 0 Å². The molecule has 0 bridgehead atoms. The number of rotatable bonds is 5. The van der Waals surface area contributed by atoms with Gasteiger partial charge in [0.05, 0.1) is 17.6 Å². The van der Waals surface area contributed by atoms with Crippen LogP contribution >= 0.6 is 0 Å². The van der Waals surface area contributed by atoms with Crippen molar-refractivity contribution < 1.29 is 28.6 Å². The molecule has 3 aromatic rings. The number of aromatic nitrogens is 1. The van der Waals surface area contributed by atoms with E-state index in [9.17, 15) is 28.3 Å². The average molecular weight is 385 g/mol. The van der Waals surface area contributed by atoms with Crippen molar-refractivity contribution in [2.45, 2.75) is 6.54 Å². The predicted octanol–water partition coefficient (Wildman–Crippen LogP) is 2.88. The minimum atomic E-state index is -1.80. The highest BCUT2D eigenvalue weighted by Crippen LogP contribution is 2.20. The largest absolute Gasteiger partial charge is 0.507 e. The van der Waals surface area contributed by atoms with Crippen LogP contribution in [0.4, 0.5) is 8.78 Å². The molecule has 1 heterocycles. The number of aliphatic carboxylic acids is 1. The van der Waals surface area contributed by atoms with Crippen LogP contribution in [0.25, 0.3) is 16.7 Å². The zero-order chi connectivity index (χ0) is 20.4. The molecule has 8 heteroatoms. The lowest BCUT2D eigenvalue weighted by Crippen LogP contribution is -2.17. The molecule has 2 N–H and O–H groups in total. The lowest BCUT2D eigenvalue weighted by Gasteiger charge is -2.14. The number of para-hydroxylation sites is 1. The zero-order valence-corrected chi connectivity index (χ0v) is 14.2. The molecule has 3 rings (SSSR count). The van der Waals surface area contributed by atoms with Crippen LogP contribution in [0, 0.1) is 11.6 Å². The number of aliphatic hydroxyl groups excluding tert-OH is 1. The Morgan fingerprint density at radius 2 is 1.64 bits per heavy atom. The summed E-state index contributed by atoms with van der Waals surface area (Å²) in [7, 11) is 0. The second-order valence-corrected chi connectivity index (χ2v) is 5.92. The van der Waals surface area contributed by atoms with Crippen LogP contribution in [0.15, 0.2) is 59.5 Å². The van der Waals surface area contributed by atoms with Crippen molar-refractivity contribution in [2.24, 2.45) is 0 Å². The van der Waals surface area contributed by atoms with Gasteiger partial charge in [0.15, 0.2) is 5.43 Å². The molecule has 0 aliphatic carbocycles. The number of hydrogen-bond acceptors (Lipinski definition) is 4. The highest BCUT2D eigenvalue weighted by Gasteiger charge is 2.17. The first kappa shape index (κ1) is 19.0. The molecule has 28 heavy (non-hydrogen) atoms. The maximum atomic E-state index is 14.0. The van der Waals surface area contributed by atoms with E-state index in [1.54, 1.807) is 18.2 Å². The Bertz CT molecular complexity index is 1180. The molecule has 0 saturated carbocycles. The summed E-state index contributed by atoms with van der Waals surface area (Å²) in [6, 6.07) is 9.59. The van der Waals surface area contributed by atoms with Gasteiger partial charge >= 0.3 is 5.97 Å². The van der Waals surface area contributed by atoms with E-state index in [1.165, 1.54) is 16.7 Å². The zero-order valence-electron chi connectivity index (χ0n) is 14.2. The van der Waals surface area contributed by atoms with Gasteiger partial charge in [0.2, 0.25) is 0 Å². The quantitative estimate of drug-likeness (QED) is 0.400. The summed E-state index contributed by atoms with van der Waals surface area (Å²) < 4.78 is 29.4. The second-order valence-electron chi connectivity index (χ2n) is 5.92. The van der Waals surface area contributed by atoms with Crippen LogP contribution in [-0.4, -0.2) is 26.5 Å². The van der Waals surface area contributed by atoms with E-state index in [-0.39, 0.29) is 23.1 Å². The van der Waals surface area contributed by atoms with Gasteiger partial charge < -0.3 is 14.8 Å². The van der Waals surface area contributed by atoms with Crippen LogP contribution in [-0.2, 0) is 16.1 Å². The number of fused-ring (bicyclic) bond motifs is 1. The first-order valence-electron chi connectivity index (χ1n) is 8.03. The van der Waals surface area contributed by atoms with Crippen molar-refractivity contribution in [3.05, 3.63) is 87.7 Å². The first-order chi connectivity index (χ1) is 13.3. The lowest BCUT2D eigenvalue weighted by molar-refractivity contribution is -0.146. The summed E-state index contributed by atoms with van der Waals surface area (Å²) in [5.74, 6) is -5.65. The fraction of sp³-hybridized carbons (Fsp3) is 0.0500. The highest BCUT2D eigenvalue weighted by molar-refractivity contribution is 6.38. The van der Waals surface area contributed by atoms with Crippen molar-refractivity contribution in [3.63, 3.8) is 0 Å². The van der Waals surface area contributed by atoms with E-state index in [1.807, 2.05) is 0 Å². The van der Waals surface area contributed by atoms with Gasteiger partial charge in [0, 0.05) is 23.2 Å². The van der Waals surface area contributed by atoms with Gasteiger partial charge in [-0.25, -0.2) is 13.6 Å². The SMILES string of the molecule is O=C(O)C(=O)C=C(O)c1cn(Cc2c(F)cccc2F)c2ccccc2c1=O. The fourth-order valence-corrected chi connectivity index (χ4v) is 2.78. The van der Waals surface area contributed by atoms with Gasteiger partial charge in [-0.15, -0.1) is 0 Å². The Balaban J connectivity index is 2.23. The van der Waals surface area contributed by atoms with E-state index < -0.39 is 34.6 Å². The monoisotopic (exact) mass is 385 g/mol. The molecule has 2 aromatic carbocycles. The molecule has 6 nitrogen and oxygen atoms in total. The number of halogens is 2. The molecule has 142 valence electrons. The molecule has 0 amide bonds. The molecule has 0 aliphatic rings. The van der Waals surface area contributed by atoms with Crippen molar-refractivity contribution in [1.82, 2.24) is 4.57 Å². The van der Waals surface area contributed by atoms with E-state index in [0.717, 1.165) is 18.3 Å². The van der Waals surface area contributed by atoms with E-state index in [0.29, 0.717) is 11.6 Å². The van der Waals surface area contributed by atoms with Crippen molar-refractivity contribution in [2.75, 3.05) is 0 Å². The number of aliphatic hydroxyl groups is 1. The molecule has 0 atom stereocenters. The number of hydrogen-bond donors (Lipinski definition) is 2. The van der Waals surface area contributed by atoms with Gasteiger partial charge in [0.1, 0.15) is 17.4 Å². The molecular formula is C20H13F2NO5. The van der Waals surface area contributed by atoms with Gasteiger partial charge in [-0.1, -0.05) is 18.2 Å². The maximum Gasteiger partial charge on any atom is 0.376 e. The Labute approximate surface area is 156 Å². The van der Waals surface area contributed by atoms with Gasteiger partial charge in [-0.05, 0) is 24.3 Å². The third-order valence-corrected chi connectivity index (χ3v) is 4.13. The molecule has 1 aromatic heterocycles. The minimum Gasteiger partial charge on any atom is -0.507 e. The number of carboxylic acid groups (broad SMARTS) is 1. The maximum absolute atomic E-state index is 14.0. The predicted molar refractivity (Wildman–Crippen MR) is 96.9 cm³/mol. The number of carboxylic acids is 1. The Kier molecular flexibility index (Phi) is 5.04. The Morgan fingerprint density at radius 3 is 2.29 bits per heavy atom. The molecular weight excluding hydrogens is 372 g/mol. The summed E-state index contributed by atoms with van der Waals surface area (Å²) in [6.45, 7) is -0.299. The molecule has 0 saturated heterocycles. The van der Waals surface area contributed by atoms with Crippen molar-refractivity contribution in [3.8, 4) is 0 Å². The molecule has 0 unspecified atom stereocenters.